The van der Waals surface area contributed by atoms with Crippen LogP contribution in [0.4, 0.5) is 0 Å². The molecule has 4 N–H and O–H groups in total. The lowest BCUT2D eigenvalue weighted by Crippen LogP contribution is -2.57. The van der Waals surface area contributed by atoms with Gasteiger partial charge in [0, 0.05) is 6.42 Å². The van der Waals surface area contributed by atoms with E-state index in [2.05, 4.69) is 6.92 Å². The summed E-state index contributed by atoms with van der Waals surface area (Å²) in [7, 11) is 0. The first-order valence-electron chi connectivity index (χ1n) is 9.19. The molecular formula is C18H34O6. The molecule has 0 aromatic carbocycles. The van der Waals surface area contributed by atoms with Gasteiger partial charge in [-0.1, -0.05) is 71.1 Å². The minimum Gasteiger partial charge on any atom is -0.479 e. The number of aliphatic hydroxyl groups is 3. The van der Waals surface area contributed by atoms with Crippen LogP contribution in [0, 0.1) is 0 Å². The maximum absolute atomic E-state index is 11.9. The van der Waals surface area contributed by atoms with E-state index in [4.69, 9.17) is 10.2 Å². The number of carbonyl (C=O) groups excluding carboxylic acids is 1. The van der Waals surface area contributed by atoms with Gasteiger partial charge in [-0.15, -0.1) is 0 Å². The molecular weight excluding hydrogens is 312 g/mol. The van der Waals surface area contributed by atoms with E-state index in [1.54, 1.807) is 0 Å². The van der Waals surface area contributed by atoms with Crippen molar-refractivity contribution in [2.24, 2.45) is 0 Å². The van der Waals surface area contributed by atoms with Crippen LogP contribution in [0.15, 0.2) is 0 Å². The van der Waals surface area contributed by atoms with Crippen LogP contribution in [-0.4, -0.2) is 50.5 Å². The second-order valence-corrected chi connectivity index (χ2v) is 6.48. The molecule has 0 aliphatic heterocycles. The normalized spacial score (nSPS) is 15.0. The quantitative estimate of drug-likeness (QED) is 0.252. The molecule has 0 amide bonds. The number of carboxylic acid groups (broad SMARTS) is 1. The Morgan fingerprint density at radius 1 is 0.875 bits per heavy atom. The highest BCUT2D eigenvalue weighted by atomic mass is 16.4. The summed E-state index contributed by atoms with van der Waals surface area (Å²) in [6.07, 6.45) is 10.0. The fourth-order valence-electron chi connectivity index (χ4n) is 2.72. The summed E-state index contributed by atoms with van der Waals surface area (Å²) in [5.74, 6) is -2.77. The topological polar surface area (TPSA) is 115 Å². The molecule has 2 atom stereocenters. The van der Waals surface area contributed by atoms with Gasteiger partial charge in [-0.05, 0) is 6.42 Å². The standard InChI is InChI=1S/C18H34O6/c1-2-3-4-5-6-7-8-9-10-11-12-13-15(20)18(24,17(22)23)16(21)14-19/h16,19,21,24H,2-14H2,1H3,(H,22,23)/t16-,18+/m1/s1. The van der Waals surface area contributed by atoms with Crippen LogP contribution in [0.2, 0.25) is 0 Å². The molecule has 0 radical (unpaired) electrons. The zero-order valence-electron chi connectivity index (χ0n) is 14.9. The van der Waals surface area contributed by atoms with Gasteiger partial charge >= 0.3 is 5.97 Å². The Bertz CT molecular complexity index is 357. The van der Waals surface area contributed by atoms with Gasteiger partial charge in [0.05, 0.1) is 6.61 Å². The maximum Gasteiger partial charge on any atom is 0.346 e. The molecule has 0 saturated carbocycles. The minimum absolute atomic E-state index is 0.114. The summed E-state index contributed by atoms with van der Waals surface area (Å²) in [6, 6.07) is 0. The zero-order valence-corrected chi connectivity index (χ0v) is 14.9. The summed E-state index contributed by atoms with van der Waals surface area (Å²) >= 11 is 0. The summed E-state index contributed by atoms with van der Waals surface area (Å²) in [6.45, 7) is 1.22. The molecule has 6 heteroatoms. The van der Waals surface area contributed by atoms with Crippen molar-refractivity contribution >= 4 is 11.8 Å². The van der Waals surface area contributed by atoms with Crippen LogP contribution in [-0.2, 0) is 9.59 Å². The highest BCUT2D eigenvalue weighted by Crippen LogP contribution is 2.18. The highest BCUT2D eigenvalue weighted by Gasteiger charge is 2.49. The van der Waals surface area contributed by atoms with E-state index in [0.29, 0.717) is 6.42 Å². The Morgan fingerprint density at radius 3 is 1.67 bits per heavy atom. The molecule has 0 rings (SSSR count). The predicted molar refractivity (Wildman–Crippen MR) is 91.8 cm³/mol. The molecule has 142 valence electrons. The fraction of sp³-hybridized carbons (Fsp3) is 0.889. The number of Topliss-reactive ketones (excluding diaryl/α,β-unsaturated/α-hetero) is 1. The predicted octanol–water partition coefficient (Wildman–Crippen LogP) is 2.43. The molecule has 0 aromatic heterocycles. The summed E-state index contributed by atoms with van der Waals surface area (Å²) in [5.41, 5.74) is -2.91. The lowest BCUT2D eigenvalue weighted by atomic mass is 9.89. The average Bonchev–Trinajstić information content (AvgIpc) is 2.57. The van der Waals surface area contributed by atoms with Crippen molar-refractivity contribution in [1.82, 2.24) is 0 Å². The molecule has 24 heavy (non-hydrogen) atoms. The van der Waals surface area contributed by atoms with Crippen molar-refractivity contribution in [3.63, 3.8) is 0 Å². The number of hydrogen-bond acceptors (Lipinski definition) is 5. The first kappa shape index (κ1) is 23.0. The monoisotopic (exact) mass is 346 g/mol. The number of unbranched alkanes of at least 4 members (excludes halogenated alkanes) is 10. The van der Waals surface area contributed by atoms with Gasteiger partial charge in [0.15, 0.2) is 5.78 Å². The minimum atomic E-state index is -2.91. The van der Waals surface area contributed by atoms with Crippen molar-refractivity contribution in [3.8, 4) is 0 Å². The van der Waals surface area contributed by atoms with Gasteiger partial charge in [0.1, 0.15) is 6.10 Å². The number of carboxylic acids is 1. The summed E-state index contributed by atoms with van der Waals surface area (Å²) in [5, 5.41) is 37.0. The second kappa shape index (κ2) is 13.3. The number of ketones is 1. The van der Waals surface area contributed by atoms with Gasteiger partial charge < -0.3 is 20.4 Å². The van der Waals surface area contributed by atoms with Gasteiger partial charge in [-0.3, -0.25) is 4.79 Å². The average molecular weight is 346 g/mol. The SMILES string of the molecule is CCCCCCCCCCCCCC(=O)[C@@](O)(C(=O)O)[C@H](O)CO. The molecule has 0 fully saturated rings. The van der Waals surface area contributed by atoms with Crippen LogP contribution in [0.3, 0.4) is 0 Å². The van der Waals surface area contributed by atoms with E-state index in [1.165, 1.54) is 44.9 Å². The van der Waals surface area contributed by atoms with E-state index in [-0.39, 0.29) is 6.42 Å². The van der Waals surface area contributed by atoms with E-state index in [1.807, 2.05) is 0 Å². The molecule has 0 aliphatic carbocycles. The maximum atomic E-state index is 11.9. The molecule has 0 saturated heterocycles. The number of rotatable bonds is 16. The van der Waals surface area contributed by atoms with Crippen LogP contribution in [0.25, 0.3) is 0 Å². The molecule has 0 unspecified atom stereocenters. The molecule has 0 aromatic rings. The summed E-state index contributed by atoms with van der Waals surface area (Å²) < 4.78 is 0. The third-order valence-corrected chi connectivity index (χ3v) is 4.41. The molecule has 0 aliphatic rings. The Morgan fingerprint density at radius 2 is 1.29 bits per heavy atom. The largest absolute Gasteiger partial charge is 0.479 e. The van der Waals surface area contributed by atoms with Gasteiger partial charge in [0.2, 0.25) is 5.60 Å². The number of carbonyl (C=O) groups is 2. The third-order valence-electron chi connectivity index (χ3n) is 4.41. The van der Waals surface area contributed by atoms with Crippen molar-refractivity contribution < 1.29 is 30.0 Å². The number of hydrogen-bond donors (Lipinski definition) is 4. The van der Waals surface area contributed by atoms with E-state index >= 15 is 0 Å². The van der Waals surface area contributed by atoms with E-state index < -0.39 is 30.1 Å². The first-order valence-corrected chi connectivity index (χ1v) is 9.19. The second-order valence-electron chi connectivity index (χ2n) is 6.48. The molecule has 0 bridgehead atoms. The number of aliphatic carboxylic acids is 1. The smallest absolute Gasteiger partial charge is 0.346 e. The van der Waals surface area contributed by atoms with Crippen molar-refractivity contribution in [2.75, 3.05) is 6.61 Å². The fourth-order valence-corrected chi connectivity index (χ4v) is 2.72. The van der Waals surface area contributed by atoms with Crippen LogP contribution in [0.1, 0.15) is 84.0 Å². The van der Waals surface area contributed by atoms with E-state index in [0.717, 1.165) is 19.3 Å². The lowest BCUT2D eigenvalue weighted by Gasteiger charge is -2.25. The Balaban J connectivity index is 3.80. The number of aliphatic hydroxyl groups excluding tert-OH is 2. The zero-order chi connectivity index (χ0) is 18.4. The Hall–Kier alpha value is -0.980. The van der Waals surface area contributed by atoms with Crippen LogP contribution < -0.4 is 0 Å². The van der Waals surface area contributed by atoms with Gasteiger partial charge in [-0.25, -0.2) is 4.79 Å². The lowest BCUT2D eigenvalue weighted by molar-refractivity contribution is -0.180. The van der Waals surface area contributed by atoms with Crippen molar-refractivity contribution in [3.05, 3.63) is 0 Å². The van der Waals surface area contributed by atoms with Crippen LogP contribution >= 0.6 is 0 Å². The molecule has 6 nitrogen and oxygen atoms in total. The van der Waals surface area contributed by atoms with Gasteiger partial charge in [0.25, 0.3) is 0 Å². The van der Waals surface area contributed by atoms with Crippen LogP contribution in [0.5, 0.6) is 0 Å². The van der Waals surface area contributed by atoms with Crippen molar-refractivity contribution in [2.45, 2.75) is 95.7 Å². The highest BCUT2D eigenvalue weighted by molar-refractivity contribution is 6.06. The molecule has 0 heterocycles. The first-order chi connectivity index (χ1) is 11.4. The van der Waals surface area contributed by atoms with E-state index in [9.17, 15) is 19.8 Å². The Labute approximate surface area is 144 Å². The molecule has 0 spiro atoms. The van der Waals surface area contributed by atoms with Crippen molar-refractivity contribution in [1.29, 1.82) is 0 Å². The summed E-state index contributed by atoms with van der Waals surface area (Å²) in [4.78, 5) is 22.9. The Kier molecular flexibility index (Phi) is 12.8. The third kappa shape index (κ3) is 8.22. The van der Waals surface area contributed by atoms with Gasteiger partial charge in [-0.2, -0.15) is 0 Å².